The molecule has 0 aliphatic heterocycles. The molecule has 4 nitrogen and oxygen atoms in total. The number of carboxylic acids is 1. The average Bonchev–Trinajstić information content (AvgIpc) is 3.04. The molecule has 126 valence electrons. The van der Waals surface area contributed by atoms with Gasteiger partial charge in [0.05, 0.1) is 17.5 Å². The molecule has 0 unspecified atom stereocenters. The van der Waals surface area contributed by atoms with Crippen LogP contribution >= 0.6 is 11.6 Å². The fourth-order valence-electron chi connectivity index (χ4n) is 2.44. The Morgan fingerprint density at radius 2 is 1.88 bits per heavy atom. The fourth-order valence-corrected chi connectivity index (χ4v) is 2.62. The smallest absolute Gasteiger partial charge is 0.335 e. The summed E-state index contributed by atoms with van der Waals surface area (Å²) in [5.74, 6) is 0.324. The molecule has 0 radical (unpaired) electrons. The Balaban J connectivity index is 1.84. The molecule has 0 saturated heterocycles. The third kappa shape index (κ3) is 3.80. The molecule has 1 heterocycles. The van der Waals surface area contributed by atoms with E-state index in [-0.39, 0.29) is 5.56 Å². The highest BCUT2D eigenvalue weighted by atomic mass is 35.5. The normalized spacial score (nSPS) is 11.2. The second kappa shape index (κ2) is 6.95. The van der Waals surface area contributed by atoms with Crippen molar-refractivity contribution in [1.82, 2.24) is 0 Å². The summed E-state index contributed by atoms with van der Waals surface area (Å²) in [6.07, 6.45) is 1.63. The van der Waals surface area contributed by atoms with Gasteiger partial charge in [-0.05, 0) is 61.4 Å². The van der Waals surface area contributed by atoms with E-state index in [1.165, 1.54) is 0 Å². The van der Waals surface area contributed by atoms with Gasteiger partial charge in [-0.1, -0.05) is 23.7 Å². The molecule has 0 saturated carbocycles. The second-order valence-electron chi connectivity index (χ2n) is 5.73. The summed E-state index contributed by atoms with van der Waals surface area (Å²) in [5.41, 5.74) is 3.69. The molecule has 2 aromatic carbocycles. The number of halogens is 1. The van der Waals surface area contributed by atoms with Crippen LogP contribution in [0.2, 0.25) is 5.02 Å². The fraction of sp³-hybridized carbons (Fsp3) is 0.100. The van der Waals surface area contributed by atoms with Crippen LogP contribution in [0.4, 0.5) is 5.69 Å². The topological polar surface area (TPSA) is 62.8 Å². The van der Waals surface area contributed by atoms with Crippen LogP contribution in [-0.4, -0.2) is 17.3 Å². The van der Waals surface area contributed by atoms with E-state index in [1.807, 2.05) is 38.1 Å². The predicted octanol–water partition coefficient (Wildman–Crippen LogP) is 5.67. The van der Waals surface area contributed by atoms with Gasteiger partial charge in [-0.3, -0.25) is 4.99 Å². The highest BCUT2D eigenvalue weighted by Crippen LogP contribution is 2.27. The number of hydrogen-bond acceptors (Lipinski definition) is 3. The summed E-state index contributed by atoms with van der Waals surface area (Å²) in [6, 6.07) is 14.2. The van der Waals surface area contributed by atoms with Crippen molar-refractivity contribution in [3.63, 3.8) is 0 Å². The minimum absolute atomic E-state index is 0.255. The standard InChI is InChI=1S/C20H16ClNO3/c1-12-3-5-15(10-18(12)21)22-11-16-6-8-19(25-16)17-7-4-14(20(23)24)9-13(17)2/h3-11H,1-2H3,(H,23,24). The number of aliphatic imine (C=N–C) groups is 1. The first-order valence-corrected chi connectivity index (χ1v) is 8.06. The first-order valence-electron chi connectivity index (χ1n) is 7.68. The van der Waals surface area contributed by atoms with Crippen molar-refractivity contribution in [2.45, 2.75) is 13.8 Å². The largest absolute Gasteiger partial charge is 0.478 e. The maximum absolute atomic E-state index is 11.0. The van der Waals surface area contributed by atoms with E-state index in [2.05, 4.69) is 4.99 Å². The molecule has 0 amide bonds. The number of hydrogen-bond donors (Lipinski definition) is 1. The Morgan fingerprint density at radius 3 is 2.56 bits per heavy atom. The molecule has 0 atom stereocenters. The van der Waals surface area contributed by atoms with Gasteiger partial charge in [-0.15, -0.1) is 0 Å². The van der Waals surface area contributed by atoms with Crippen molar-refractivity contribution in [3.8, 4) is 11.3 Å². The minimum atomic E-state index is -0.946. The van der Waals surface area contributed by atoms with Crippen molar-refractivity contribution >= 4 is 29.5 Å². The molecular weight excluding hydrogens is 338 g/mol. The second-order valence-corrected chi connectivity index (χ2v) is 6.14. The van der Waals surface area contributed by atoms with Crippen LogP contribution in [0.5, 0.6) is 0 Å². The molecule has 3 rings (SSSR count). The van der Waals surface area contributed by atoms with Gasteiger partial charge >= 0.3 is 5.97 Å². The maximum atomic E-state index is 11.0. The lowest BCUT2D eigenvalue weighted by Gasteiger charge is -2.03. The lowest BCUT2D eigenvalue weighted by Crippen LogP contribution is -1.96. The Morgan fingerprint density at radius 1 is 1.08 bits per heavy atom. The zero-order valence-electron chi connectivity index (χ0n) is 13.8. The molecule has 0 aliphatic carbocycles. The van der Waals surface area contributed by atoms with Crippen LogP contribution < -0.4 is 0 Å². The maximum Gasteiger partial charge on any atom is 0.335 e. The number of aryl methyl sites for hydroxylation is 2. The lowest BCUT2D eigenvalue weighted by atomic mass is 10.0. The molecule has 0 fully saturated rings. The van der Waals surface area contributed by atoms with E-state index in [0.717, 1.165) is 22.4 Å². The predicted molar refractivity (Wildman–Crippen MR) is 99.3 cm³/mol. The molecule has 25 heavy (non-hydrogen) atoms. The molecule has 5 heteroatoms. The van der Waals surface area contributed by atoms with Crippen molar-refractivity contribution in [2.75, 3.05) is 0 Å². The number of carbonyl (C=O) groups is 1. The number of carboxylic acid groups (broad SMARTS) is 1. The van der Waals surface area contributed by atoms with Gasteiger partial charge in [-0.25, -0.2) is 4.79 Å². The van der Waals surface area contributed by atoms with Crippen LogP contribution in [0, 0.1) is 13.8 Å². The SMILES string of the molecule is Cc1ccc(N=Cc2ccc(-c3ccc(C(=O)O)cc3C)o2)cc1Cl. The monoisotopic (exact) mass is 353 g/mol. The summed E-state index contributed by atoms with van der Waals surface area (Å²) < 4.78 is 5.80. The van der Waals surface area contributed by atoms with E-state index in [9.17, 15) is 4.79 Å². The molecule has 0 spiro atoms. The number of aromatic carboxylic acids is 1. The molecule has 3 aromatic rings. The van der Waals surface area contributed by atoms with Gasteiger partial charge in [0.15, 0.2) is 0 Å². The zero-order valence-corrected chi connectivity index (χ0v) is 14.5. The average molecular weight is 354 g/mol. The summed E-state index contributed by atoms with van der Waals surface area (Å²) in [7, 11) is 0. The van der Waals surface area contributed by atoms with E-state index >= 15 is 0 Å². The highest BCUT2D eigenvalue weighted by molar-refractivity contribution is 6.31. The first-order chi connectivity index (χ1) is 11.9. The minimum Gasteiger partial charge on any atom is -0.478 e. The van der Waals surface area contributed by atoms with Crippen LogP contribution in [0.15, 0.2) is 57.9 Å². The number of nitrogens with zero attached hydrogens (tertiary/aromatic N) is 1. The Hall–Kier alpha value is -2.85. The molecular formula is C20H16ClNO3. The highest BCUT2D eigenvalue weighted by Gasteiger charge is 2.10. The molecule has 0 aliphatic rings. The van der Waals surface area contributed by atoms with Crippen LogP contribution in [0.3, 0.4) is 0 Å². The van der Waals surface area contributed by atoms with Crippen molar-refractivity contribution < 1.29 is 14.3 Å². The summed E-state index contributed by atoms with van der Waals surface area (Å²) >= 11 is 6.09. The van der Waals surface area contributed by atoms with Crippen LogP contribution in [0.25, 0.3) is 11.3 Å². The molecule has 1 aromatic heterocycles. The van der Waals surface area contributed by atoms with Crippen molar-refractivity contribution in [2.24, 2.45) is 4.99 Å². The number of furan rings is 1. The van der Waals surface area contributed by atoms with Crippen LogP contribution in [0.1, 0.15) is 27.2 Å². The van der Waals surface area contributed by atoms with E-state index in [0.29, 0.717) is 16.5 Å². The van der Waals surface area contributed by atoms with E-state index in [1.54, 1.807) is 30.5 Å². The van der Waals surface area contributed by atoms with Crippen molar-refractivity contribution in [1.29, 1.82) is 0 Å². The summed E-state index contributed by atoms with van der Waals surface area (Å²) in [4.78, 5) is 15.4. The Kier molecular flexibility index (Phi) is 4.72. The van der Waals surface area contributed by atoms with Crippen LogP contribution in [-0.2, 0) is 0 Å². The lowest BCUT2D eigenvalue weighted by molar-refractivity contribution is 0.0697. The van der Waals surface area contributed by atoms with E-state index < -0.39 is 5.97 Å². The quantitative estimate of drug-likeness (QED) is 0.615. The van der Waals surface area contributed by atoms with Gasteiger partial charge in [0, 0.05) is 10.6 Å². The zero-order chi connectivity index (χ0) is 18.0. The van der Waals surface area contributed by atoms with Gasteiger partial charge in [-0.2, -0.15) is 0 Å². The van der Waals surface area contributed by atoms with Crippen molar-refractivity contribution in [3.05, 3.63) is 76.0 Å². The third-order valence-corrected chi connectivity index (χ3v) is 4.27. The summed E-state index contributed by atoms with van der Waals surface area (Å²) in [6.45, 7) is 3.79. The Labute approximate surface area is 150 Å². The van der Waals surface area contributed by atoms with Gasteiger partial charge in [0.25, 0.3) is 0 Å². The third-order valence-electron chi connectivity index (χ3n) is 3.86. The molecule has 1 N–H and O–H groups in total. The van der Waals surface area contributed by atoms with Gasteiger partial charge < -0.3 is 9.52 Å². The summed E-state index contributed by atoms with van der Waals surface area (Å²) in [5, 5.41) is 9.71. The number of rotatable bonds is 4. The van der Waals surface area contributed by atoms with Gasteiger partial charge in [0.2, 0.25) is 0 Å². The first kappa shape index (κ1) is 17.0. The molecule has 0 bridgehead atoms. The van der Waals surface area contributed by atoms with Gasteiger partial charge in [0.1, 0.15) is 11.5 Å². The Bertz CT molecular complexity index is 973. The number of benzene rings is 2. The van der Waals surface area contributed by atoms with E-state index in [4.69, 9.17) is 21.1 Å².